The van der Waals surface area contributed by atoms with Crippen LogP contribution in [0.25, 0.3) is 10.9 Å². The Hall–Kier alpha value is -4.18. The average Bonchev–Trinajstić information content (AvgIpc) is 3.27. The van der Waals surface area contributed by atoms with Gasteiger partial charge in [-0.2, -0.15) is 0 Å². The van der Waals surface area contributed by atoms with Crippen molar-refractivity contribution in [2.75, 3.05) is 33.4 Å². The summed E-state index contributed by atoms with van der Waals surface area (Å²) < 4.78 is 7.02. The Labute approximate surface area is 249 Å². The highest BCUT2D eigenvalue weighted by atomic mass is 35.5. The van der Waals surface area contributed by atoms with Gasteiger partial charge in [0.05, 0.1) is 24.6 Å². The molecular weight excluding hydrogens is 558 g/mol. The smallest absolute Gasteiger partial charge is 0.357 e. The lowest BCUT2D eigenvalue weighted by atomic mass is 10.1. The zero-order chi connectivity index (χ0) is 30.1. The molecule has 4 aromatic rings. The van der Waals surface area contributed by atoms with Crippen LogP contribution in [0.4, 0.5) is 0 Å². The van der Waals surface area contributed by atoms with Crippen molar-refractivity contribution in [1.29, 1.82) is 0 Å². The third-order valence-corrected chi connectivity index (χ3v) is 7.12. The van der Waals surface area contributed by atoms with Crippen LogP contribution in [0.15, 0.2) is 72.8 Å². The molecule has 3 aromatic carbocycles. The molecule has 0 aliphatic rings. The molecule has 2 N–H and O–H groups in total. The molecule has 9 nitrogen and oxygen atoms in total. The summed E-state index contributed by atoms with van der Waals surface area (Å²) in [6.07, 6.45) is 1.02. The number of aliphatic hydroxyl groups excluding tert-OH is 1. The second-order valence-corrected chi connectivity index (χ2v) is 10.2. The lowest BCUT2D eigenvalue weighted by molar-refractivity contribution is -0.121. The first-order valence-electron chi connectivity index (χ1n) is 13.7. The van der Waals surface area contributed by atoms with Gasteiger partial charge in [-0.25, -0.2) is 4.79 Å². The van der Waals surface area contributed by atoms with E-state index in [4.69, 9.17) is 21.2 Å². The maximum atomic E-state index is 13.5. The van der Waals surface area contributed by atoms with E-state index in [1.165, 1.54) is 5.06 Å². The Morgan fingerprint density at radius 3 is 2.36 bits per heavy atom. The van der Waals surface area contributed by atoms with Crippen LogP contribution in [0, 0.1) is 6.92 Å². The molecule has 0 saturated heterocycles. The minimum Gasteiger partial charge on any atom is -0.497 e. The Bertz CT molecular complexity index is 1540. The molecule has 1 amide bonds. The van der Waals surface area contributed by atoms with Gasteiger partial charge in [-0.3, -0.25) is 14.2 Å². The average molecular weight is 592 g/mol. The molecule has 0 spiro atoms. The van der Waals surface area contributed by atoms with Crippen molar-refractivity contribution in [2.24, 2.45) is 0 Å². The minimum absolute atomic E-state index is 0.0333. The van der Waals surface area contributed by atoms with Crippen molar-refractivity contribution in [2.45, 2.75) is 26.2 Å². The van der Waals surface area contributed by atoms with Crippen molar-refractivity contribution < 1.29 is 29.1 Å². The Morgan fingerprint density at radius 2 is 1.67 bits per heavy atom. The molecule has 42 heavy (non-hydrogen) atoms. The summed E-state index contributed by atoms with van der Waals surface area (Å²) in [6, 6.07) is 20.8. The molecule has 220 valence electrons. The minimum atomic E-state index is -0.479. The highest BCUT2D eigenvalue weighted by Crippen LogP contribution is 2.31. The van der Waals surface area contributed by atoms with Gasteiger partial charge in [0.15, 0.2) is 0 Å². The Balaban J connectivity index is 1.43. The van der Waals surface area contributed by atoms with Crippen LogP contribution in [0.3, 0.4) is 0 Å². The maximum Gasteiger partial charge on any atom is 0.357 e. The van der Waals surface area contributed by atoms with E-state index < -0.39 is 5.97 Å². The van der Waals surface area contributed by atoms with E-state index in [-0.39, 0.29) is 24.8 Å². The third kappa shape index (κ3) is 7.55. The first-order valence-corrected chi connectivity index (χ1v) is 14.1. The number of hydrogen-bond donors (Lipinski definition) is 2. The number of hydrogen-bond acceptors (Lipinski definition) is 7. The third-order valence-electron chi connectivity index (χ3n) is 6.87. The molecule has 0 atom stereocenters. The number of benzene rings is 3. The van der Waals surface area contributed by atoms with Crippen LogP contribution >= 0.6 is 11.6 Å². The standard InChI is InChI=1S/C32H34ClN3O6/c1-22-27(28-20-26(41-2)14-15-29(28)36(22)31(39)23-10-12-25(33)13-11-23)21-30(38)34-16-6-17-35(18-7-19-37)42-32(40)24-8-4-3-5-9-24/h3-5,8-15,20,37H,6-7,16-19,21H2,1-2H3,(H,34,38). The molecule has 0 aliphatic carbocycles. The molecule has 0 aliphatic heterocycles. The van der Waals surface area contributed by atoms with Gasteiger partial charge in [0.2, 0.25) is 5.91 Å². The zero-order valence-corrected chi connectivity index (χ0v) is 24.4. The Kier molecular flexibility index (Phi) is 10.7. The second-order valence-electron chi connectivity index (χ2n) is 9.73. The monoisotopic (exact) mass is 591 g/mol. The summed E-state index contributed by atoms with van der Waals surface area (Å²) in [5.74, 6) is -0.289. The molecule has 10 heteroatoms. The number of hydroxylamine groups is 2. The second kappa shape index (κ2) is 14.6. The molecular formula is C32H34ClN3O6. The highest BCUT2D eigenvalue weighted by molar-refractivity contribution is 6.30. The van der Waals surface area contributed by atoms with Gasteiger partial charge in [-0.05, 0) is 79.9 Å². The summed E-state index contributed by atoms with van der Waals surface area (Å²) in [5, 5.41) is 15.0. The van der Waals surface area contributed by atoms with Crippen LogP contribution in [-0.4, -0.2) is 65.9 Å². The fraction of sp³-hybridized carbons (Fsp3) is 0.281. The van der Waals surface area contributed by atoms with E-state index >= 15 is 0 Å². The van der Waals surface area contributed by atoms with Gasteiger partial charge in [0.25, 0.3) is 5.91 Å². The first kappa shape index (κ1) is 30.8. The maximum absolute atomic E-state index is 13.5. The molecule has 4 rings (SSSR count). The van der Waals surface area contributed by atoms with Crippen molar-refractivity contribution in [3.05, 3.63) is 100 Å². The van der Waals surface area contributed by atoms with Crippen LogP contribution in [0.2, 0.25) is 5.02 Å². The normalized spacial score (nSPS) is 11.1. The fourth-order valence-electron chi connectivity index (χ4n) is 4.70. The van der Waals surface area contributed by atoms with Gasteiger partial charge in [0.1, 0.15) is 5.75 Å². The van der Waals surface area contributed by atoms with Crippen LogP contribution in [0.5, 0.6) is 5.75 Å². The van der Waals surface area contributed by atoms with Gasteiger partial charge in [0, 0.05) is 47.9 Å². The number of aliphatic hydroxyl groups is 1. The van der Waals surface area contributed by atoms with E-state index in [2.05, 4.69) is 5.32 Å². The summed E-state index contributed by atoms with van der Waals surface area (Å²) in [6.45, 7) is 2.88. The molecule has 0 bridgehead atoms. The molecule has 0 radical (unpaired) electrons. The summed E-state index contributed by atoms with van der Waals surface area (Å²) in [5.41, 5.74) is 2.97. The quantitative estimate of drug-likeness (QED) is 0.170. The van der Waals surface area contributed by atoms with Crippen LogP contribution < -0.4 is 10.1 Å². The van der Waals surface area contributed by atoms with Gasteiger partial charge in [-0.1, -0.05) is 29.8 Å². The highest BCUT2D eigenvalue weighted by Gasteiger charge is 2.22. The lowest BCUT2D eigenvalue weighted by Gasteiger charge is -2.21. The SMILES string of the molecule is COc1ccc2c(c1)c(CC(=O)NCCCN(CCCO)OC(=O)c1ccccc1)c(C)n2C(=O)c1ccc(Cl)cc1. The molecule has 0 saturated carbocycles. The number of nitrogens with one attached hydrogen (secondary N) is 1. The number of halogens is 1. The molecule has 1 heterocycles. The van der Waals surface area contributed by atoms with Crippen LogP contribution in [0.1, 0.15) is 44.8 Å². The summed E-state index contributed by atoms with van der Waals surface area (Å²) in [7, 11) is 1.57. The van der Waals surface area contributed by atoms with Gasteiger partial charge < -0.3 is 20.0 Å². The van der Waals surface area contributed by atoms with E-state index in [1.54, 1.807) is 66.3 Å². The molecule has 0 fully saturated rings. The van der Waals surface area contributed by atoms with Gasteiger partial charge >= 0.3 is 5.97 Å². The van der Waals surface area contributed by atoms with Crippen molar-refractivity contribution in [3.63, 3.8) is 0 Å². The number of ether oxygens (including phenoxy) is 1. The molecule has 0 unspecified atom stereocenters. The van der Waals surface area contributed by atoms with E-state index in [0.717, 1.165) is 10.9 Å². The number of rotatable bonds is 13. The number of carbonyl (C=O) groups is 3. The van der Waals surface area contributed by atoms with E-state index in [9.17, 15) is 19.5 Å². The summed E-state index contributed by atoms with van der Waals surface area (Å²) in [4.78, 5) is 44.5. The van der Waals surface area contributed by atoms with Crippen LogP contribution in [-0.2, 0) is 16.1 Å². The number of fused-ring (bicyclic) bond motifs is 1. The van der Waals surface area contributed by atoms with Crippen molar-refractivity contribution in [3.8, 4) is 5.75 Å². The largest absolute Gasteiger partial charge is 0.497 e. The van der Waals surface area contributed by atoms with E-state index in [1.807, 2.05) is 25.1 Å². The lowest BCUT2D eigenvalue weighted by Crippen LogP contribution is -2.33. The van der Waals surface area contributed by atoms with E-state index in [0.29, 0.717) is 65.6 Å². The topological polar surface area (TPSA) is 110 Å². The Morgan fingerprint density at radius 1 is 0.952 bits per heavy atom. The first-order chi connectivity index (χ1) is 20.3. The van der Waals surface area contributed by atoms with Crippen molar-refractivity contribution in [1.82, 2.24) is 14.9 Å². The predicted octanol–water partition coefficient (Wildman–Crippen LogP) is 4.81. The number of amides is 1. The molecule has 1 aromatic heterocycles. The number of nitrogens with zero attached hydrogens (tertiary/aromatic N) is 2. The fourth-order valence-corrected chi connectivity index (χ4v) is 4.82. The summed E-state index contributed by atoms with van der Waals surface area (Å²) >= 11 is 6.01. The van der Waals surface area contributed by atoms with Gasteiger partial charge in [-0.15, -0.1) is 5.06 Å². The number of carbonyl (C=O) groups excluding carboxylic acids is 3. The van der Waals surface area contributed by atoms with Crippen molar-refractivity contribution >= 4 is 40.3 Å². The number of aromatic nitrogens is 1. The zero-order valence-electron chi connectivity index (χ0n) is 23.6. The number of methoxy groups -OCH3 is 1. The predicted molar refractivity (Wildman–Crippen MR) is 161 cm³/mol.